The molecule has 2 amide bonds. The number of amides is 2. The number of benzene rings is 2. The van der Waals surface area contributed by atoms with Gasteiger partial charge in [-0.05, 0) is 42.7 Å². The summed E-state index contributed by atoms with van der Waals surface area (Å²) in [6.45, 7) is 3.92. The van der Waals surface area contributed by atoms with E-state index >= 15 is 0 Å². The van der Waals surface area contributed by atoms with E-state index in [1.165, 1.54) is 0 Å². The van der Waals surface area contributed by atoms with E-state index in [0.29, 0.717) is 28.8 Å². The molecule has 0 saturated carbocycles. The first-order chi connectivity index (χ1) is 13.4. The van der Waals surface area contributed by atoms with E-state index in [1.54, 1.807) is 30.1 Å². The third-order valence-corrected chi connectivity index (χ3v) is 5.01. The molecule has 0 spiro atoms. The largest absolute Gasteiger partial charge is 0.482 e. The highest BCUT2D eigenvalue weighted by Crippen LogP contribution is 2.27. The van der Waals surface area contributed by atoms with Crippen LogP contribution in [0.25, 0.3) is 0 Å². The number of carbonyl (C=O) groups excluding carboxylic acids is 2. The molecule has 0 unspecified atom stereocenters. The van der Waals surface area contributed by atoms with Gasteiger partial charge in [-0.3, -0.25) is 9.59 Å². The maximum atomic E-state index is 13.0. The second-order valence-electron chi connectivity index (χ2n) is 6.35. The van der Waals surface area contributed by atoms with Gasteiger partial charge in [0.25, 0.3) is 5.91 Å². The van der Waals surface area contributed by atoms with E-state index in [1.807, 2.05) is 38.1 Å². The molecule has 0 radical (unpaired) electrons. The lowest BCUT2D eigenvalue weighted by Crippen LogP contribution is -2.49. The van der Waals surface area contributed by atoms with Crippen LogP contribution in [0.1, 0.15) is 24.5 Å². The van der Waals surface area contributed by atoms with Gasteiger partial charge in [-0.2, -0.15) is 0 Å². The molecule has 28 heavy (non-hydrogen) atoms. The number of aryl methyl sites for hydroxylation is 1. The first-order valence-electron chi connectivity index (χ1n) is 9.00. The third-order valence-electron chi connectivity index (χ3n) is 4.48. The van der Waals surface area contributed by atoms with Crippen LogP contribution in [0.2, 0.25) is 10.0 Å². The molecule has 0 saturated heterocycles. The molecule has 0 bridgehead atoms. The first kappa shape index (κ1) is 22.1. The fourth-order valence-corrected chi connectivity index (χ4v) is 3.33. The molecular weight excluding hydrogens is 399 g/mol. The molecular formula is C21H24Cl2N2O3. The van der Waals surface area contributed by atoms with Crippen LogP contribution in [0.4, 0.5) is 0 Å². The van der Waals surface area contributed by atoms with Gasteiger partial charge >= 0.3 is 0 Å². The number of nitrogens with zero attached hydrogens (tertiary/aromatic N) is 1. The average Bonchev–Trinajstić information content (AvgIpc) is 2.68. The van der Waals surface area contributed by atoms with Crippen LogP contribution in [-0.2, 0) is 16.1 Å². The zero-order valence-electron chi connectivity index (χ0n) is 16.2. The number of hydrogen-bond acceptors (Lipinski definition) is 3. The molecule has 1 atom stereocenters. The number of nitrogens with one attached hydrogen (secondary N) is 1. The van der Waals surface area contributed by atoms with Gasteiger partial charge in [-0.15, -0.1) is 0 Å². The molecule has 1 N–H and O–H groups in total. The number of carbonyl (C=O) groups is 2. The number of likely N-dealkylation sites (N-methyl/N-ethyl adjacent to an activating group) is 1. The van der Waals surface area contributed by atoms with Gasteiger partial charge in [-0.25, -0.2) is 0 Å². The van der Waals surface area contributed by atoms with Gasteiger partial charge in [0.15, 0.2) is 6.61 Å². The quantitative estimate of drug-likeness (QED) is 0.691. The van der Waals surface area contributed by atoms with Crippen molar-refractivity contribution in [2.45, 2.75) is 32.9 Å². The third kappa shape index (κ3) is 5.63. The monoisotopic (exact) mass is 422 g/mol. The zero-order chi connectivity index (χ0) is 20.7. The van der Waals surface area contributed by atoms with Crippen molar-refractivity contribution in [3.8, 4) is 5.75 Å². The first-order valence-corrected chi connectivity index (χ1v) is 9.76. The number of hydrogen-bond donors (Lipinski definition) is 1. The minimum atomic E-state index is -0.596. The Balaban J connectivity index is 2.22. The Bertz CT molecular complexity index is 842. The number of ether oxygens (including phenoxy) is 1. The van der Waals surface area contributed by atoms with Crippen molar-refractivity contribution in [1.29, 1.82) is 0 Å². The SMILES string of the molecule is CC[C@H](C(=O)NC)N(Cc1ccccc1C)C(=O)COc1ccc(Cl)cc1Cl. The second-order valence-corrected chi connectivity index (χ2v) is 7.19. The summed E-state index contributed by atoms with van der Waals surface area (Å²) in [5.74, 6) is -0.151. The van der Waals surface area contributed by atoms with Crippen LogP contribution in [-0.4, -0.2) is 36.4 Å². The number of rotatable bonds is 8. The van der Waals surface area contributed by atoms with E-state index in [0.717, 1.165) is 11.1 Å². The standard InChI is InChI=1S/C21H24Cl2N2O3/c1-4-18(21(27)24-3)25(12-15-8-6-5-7-14(15)2)20(26)13-28-19-10-9-16(22)11-17(19)23/h5-11,18H,4,12-13H2,1-3H3,(H,24,27)/t18-/m1/s1. The Morgan fingerprint density at radius 2 is 1.89 bits per heavy atom. The smallest absolute Gasteiger partial charge is 0.261 e. The molecule has 0 aromatic heterocycles. The van der Waals surface area contributed by atoms with Crippen molar-refractivity contribution in [2.24, 2.45) is 0 Å². The van der Waals surface area contributed by atoms with Crippen LogP contribution < -0.4 is 10.1 Å². The Labute approximate surface area is 175 Å². The van der Waals surface area contributed by atoms with Gasteiger partial charge in [0.05, 0.1) is 5.02 Å². The summed E-state index contributed by atoms with van der Waals surface area (Å²) in [7, 11) is 1.56. The average molecular weight is 423 g/mol. The molecule has 2 rings (SSSR count). The van der Waals surface area contributed by atoms with Gasteiger partial charge in [-0.1, -0.05) is 54.4 Å². The highest BCUT2D eigenvalue weighted by Gasteiger charge is 2.28. The molecule has 150 valence electrons. The summed E-state index contributed by atoms with van der Waals surface area (Å²) in [5, 5.41) is 3.44. The van der Waals surface area contributed by atoms with Gasteiger partial charge < -0.3 is 15.0 Å². The van der Waals surface area contributed by atoms with Crippen molar-refractivity contribution >= 4 is 35.0 Å². The zero-order valence-corrected chi connectivity index (χ0v) is 17.7. The Morgan fingerprint density at radius 1 is 1.18 bits per heavy atom. The normalized spacial score (nSPS) is 11.6. The highest BCUT2D eigenvalue weighted by atomic mass is 35.5. The Kier molecular flexibility index (Phi) is 8.15. The summed E-state index contributed by atoms with van der Waals surface area (Å²) in [5.41, 5.74) is 2.02. The van der Waals surface area contributed by atoms with E-state index < -0.39 is 6.04 Å². The molecule has 0 heterocycles. The maximum Gasteiger partial charge on any atom is 0.261 e. The fraction of sp³-hybridized carbons (Fsp3) is 0.333. The minimum absolute atomic E-state index is 0.214. The minimum Gasteiger partial charge on any atom is -0.482 e. The van der Waals surface area contributed by atoms with Crippen LogP contribution in [0.15, 0.2) is 42.5 Å². The van der Waals surface area contributed by atoms with Crippen molar-refractivity contribution in [2.75, 3.05) is 13.7 Å². The second kappa shape index (κ2) is 10.3. The van der Waals surface area contributed by atoms with E-state index in [9.17, 15) is 9.59 Å². The van der Waals surface area contributed by atoms with Crippen LogP contribution >= 0.6 is 23.2 Å². The van der Waals surface area contributed by atoms with E-state index in [-0.39, 0.29) is 18.4 Å². The summed E-state index contributed by atoms with van der Waals surface area (Å²) in [6, 6.07) is 12.0. The lowest BCUT2D eigenvalue weighted by molar-refractivity contribution is -0.142. The summed E-state index contributed by atoms with van der Waals surface area (Å²) in [4.78, 5) is 26.9. The van der Waals surface area contributed by atoms with Crippen molar-refractivity contribution in [3.63, 3.8) is 0 Å². The maximum absolute atomic E-state index is 13.0. The highest BCUT2D eigenvalue weighted by molar-refractivity contribution is 6.35. The van der Waals surface area contributed by atoms with E-state index in [2.05, 4.69) is 5.32 Å². The fourth-order valence-electron chi connectivity index (χ4n) is 2.87. The molecule has 0 aliphatic carbocycles. The lowest BCUT2D eigenvalue weighted by Gasteiger charge is -2.30. The van der Waals surface area contributed by atoms with E-state index in [4.69, 9.17) is 27.9 Å². The summed E-state index contributed by atoms with van der Waals surface area (Å²) < 4.78 is 5.60. The molecule has 0 aliphatic heterocycles. The van der Waals surface area contributed by atoms with Crippen LogP contribution in [0, 0.1) is 6.92 Å². The molecule has 7 heteroatoms. The van der Waals surface area contributed by atoms with Crippen LogP contribution in [0.5, 0.6) is 5.75 Å². The van der Waals surface area contributed by atoms with Crippen molar-refractivity contribution < 1.29 is 14.3 Å². The molecule has 2 aromatic carbocycles. The topological polar surface area (TPSA) is 58.6 Å². The Morgan fingerprint density at radius 3 is 2.50 bits per heavy atom. The summed E-state index contributed by atoms with van der Waals surface area (Å²) in [6.07, 6.45) is 0.485. The van der Waals surface area contributed by atoms with Gasteiger partial charge in [0.1, 0.15) is 11.8 Å². The predicted octanol–water partition coefficient (Wildman–Crippen LogP) is 4.23. The predicted molar refractivity (Wildman–Crippen MR) is 112 cm³/mol. The lowest BCUT2D eigenvalue weighted by atomic mass is 10.1. The van der Waals surface area contributed by atoms with Gasteiger partial charge in [0, 0.05) is 18.6 Å². The summed E-state index contributed by atoms with van der Waals surface area (Å²) >= 11 is 12.0. The van der Waals surface area contributed by atoms with Crippen molar-refractivity contribution in [3.05, 3.63) is 63.6 Å². The van der Waals surface area contributed by atoms with Crippen molar-refractivity contribution in [1.82, 2.24) is 10.2 Å². The molecule has 5 nitrogen and oxygen atoms in total. The number of halogens is 2. The van der Waals surface area contributed by atoms with Crippen LogP contribution in [0.3, 0.4) is 0 Å². The van der Waals surface area contributed by atoms with Gasteiger partial charge in [0.2, 0.25) is 5.91 Å². The molecule has 0 fully saturated rings. The molecule has 0 aliphatic rings. The molecule has 2 aromatic rings. The Hall–Kier alpha value is -2.24.